The number of phenols is 1. The van der Waals surface area contributed by atoms with Gasteiger partial charge in [0, 0.05) is 74.1 Å². The van der Waals surface area contributed by atoms with Crippen molar-refractivity contribution in [3.63, 3.8) is 0 Å². The fourth-order valence-electron chi connectivity index (χ4n) is 9.30. The number of esters is 1. The lowest BCUT2D eigenvalue weighted by atomic mass is 9.84. The van der Waals surface area contributed by atoms with Crippen LogP contribution in [0.15, 0.2) is 48.7 Å². The van der Waals surface area contributed by atoms with Gasteiger partial charge in [-0.3, -0.25) is 19.6 Å². The van der Waals surface area contributed by atoms with Crippen LogP contribution in [0.2, 0.25) is 0 Å². The van der Waals surface area contributed by atoms with E-state index in [0.717, 1.165) is 76.4 Å². The number of aromatic nitrogens is 2. The molecule has 2 amide bonds. The quantitative estimate of drug-likeness (QED) is 0.190. The molecule has 2 aromatic carbocycles. The number of carbonyl (C=O) groups is 3. The number of methoxy groups -OCH3 is 1. The van der Waals surface area contributed by atoms with Crippen LogP contribution in [0.5, 0.6) is 5.75 Å². The maximum Gasteiger partial charge on any atom is 0.408 e. The molecule has 0 radical (unpaired) electrons. The van der Waals surface area contributed by atoms with Crippen LogP contribution in [-0.2, 0) is 43.2 Å². The lowest BCUT2D eigenvalue weighted by Crippen LogP contribution is -2.56. The molecule has 1 saturated carbocycles. The van der Waals surface area contributed by atoms with Gasteiger partial charge in [0.1, 0.15) is 23.4 Å². The highest BCUT2D eigenvalue weighted by molar-refractivity contribution is 5.96. The number of alkyl carbamates (subject to hydrolysis) is 1. The molecule has 14 heteroatoms. The number of piperazine rings is 1. The summed E-state index contributed by atoms with van der Waals surface area (Å²) in [5.74, 6) is -0.880. The molecule has 4 aliphatic rings. The number of nitrogens with one attached hydrogen (secondary N) is 2. The van der Waals surface area contributed by atoms with Gasteiger partial charge in [-0.25, -0.2) is 10.2 Å². The van der Waals surface area contributed by atoms with E-state index in [9.17, 15) is 19.5 Å². The number of phenolic OH excluding ortho intramolecular Hbond substituents is 1. The molecule has 3 fully saturated rings. The lowest BCUT2D eigenvalue weighted by molar-refractivity contribution is -0.151. The predicted octanol–water partition coefficient (Wildman–Crippen LogP) is 6.22. The van der Waals surface area contributed by atoms with E-state index >= 15 is 0 Å². The number of rotatable bonds is 6. The third-order valence-corrected chi connectivity index (χ3v) is 12.6. The Bertz CT molecular complexity index is 2340. The summed E-state index contributed by atoms with van der Waals surface area (Å²) >= 11 is 0. The maximum atomic E-state index is 14.3. The van der Waals surface area contributed by atoms with E-state index in [1.54, 1.807) is 40.0 Å². The minimum Gasteiger partial charge on any atom is -0.508 e. The molecule has 14 nitrogen and oxygen atoms in total. The molecule has 3 N–H and O–H groups in total. The highest BCUT2D eigenvalue weighted by Crippen LogP contribution is 2.46. The van der Waals surface area contributed by atoms with E-state index < -0.39 is 41.1 Å². The Morgan fingerprint density at radius 2 is 1.84 bits per heavy atom. The average molecular weight is 836 g/mol. The molecule has 3 aliphatic heterocycles. The molecule has 326 valence electrons. The molecule has 6 bridgehead atoms. The third kappa shape index (κ3) is 8.67. The molecular weight excluding hydrogens is 775 g/mol. The van der Waals surface area contributed by atoms with Crippen molar-refractivity contribution in [2.75, 3.05) is 51.8 Å². The number of pyridine rings is 1. The number of ether oxygens (including phenoxy) is 3. The molecular formula is C47H61N7O7. The van der Waals surface area contributed by atoms with Gasteiger partial charge in [0.05, 0.1) is 42.0 Å². The van der Waals surface area contributed by atoms with Gasteiger partial charge < -0.3 is 39.0 Å². The van der Waals surface area contributed by atoms with Crippen LogP contribution < -0.4 is 15.6 Å². The Balaban J connectivity index is 1.29. The van der Waals surface area contributed by atoms with Crippen LogP contribution in [0.25, 0.3) is 33.3 Å². The number of cyclic esters (lactones) is 1. The minimum absolute atomic E-state index is 0.0352. The largest absolute Gasteiger partial charge is 0.508 e. The smallest absolute Gasteiger partial charge is 0.408 e. The van der Waals surface area contributed by atoms with Crippen LogP contribution in [-0.4, -0.2) is 113 Å². The molecule has 2 saturated heterocycles. The second-order valence-electron chi connectivity index (χ2n) is 19.1. The van der Waals surface area contributed by atoms with E-state index in [1.165, 1.54) is 5.01 Å². The summed E-state index contributed by atoms with van der Waals surface area (Å²) in [5, 5.41) is 16.5. The van der Waals surface area contributed by atoms with Crippen molar-refractivity contribution in [3.05, 3.63) is 65.5 Å². The Morgan fingerprint density at radius 1 is 1.08 bits per heavy atom. The highest BCUT2D eigenvalue weighted by Gasteiger charge is 2.59. The number of hydrogen-bond acceptors (Lipinski definition) is 11. The number of likely N-dealkylation sites (N-methyl/N-ethyl adjacent to an activating group) is 1. The number of nitrogens with zero attached hydrogens (tertiary/aromatic N) is 5. The van der Waals surface area contributed by atoms with Crippen LogP contribution in [0.1, 0.15) is 77.8 Å². The first-order chi connectivity index (χ1) is 28.9. The second kappa shape index (κ2) is 16.3. The van der Waals surface area contributed by atoms with Gasteiger partial charge in [-0.2, -0.15) is 0 Å². The Kier molecular flexibility index (Phi) is 11.3. The summed E-state index contributed by atoms with van der Waals surface area (Å²) in [5.41, 5.74) is 10.2. The van der Waals surface area contributed by atoms with Gasteiger partial charge in [0.2, 0.25) is 0 Å². The number of amides is 2. The van der Waals surface area contributed by atoms with Crippen LogP contribution in [0.3, 0.4) is 0 Å². The standard InChI is InChI=1S/C47H61N7O7/c1-10-53-38-12-11-29-21-33(38)36(42(53)35-22-31(25-48-40(35)27(2)59-9)52-15-13-51(8)14-16-52)24-47(6,7)26-60-44(57)41-34-23-39(34)54(50-41)43(56)37(49-45(58)61-46(3,4)5)19-28-17-30(29)20-32(55)18-28/h11-12,17-18,20-22,25,27,34,37,39,41,50,55H,10,13-16,19,23-24,26H2,1-9H3,(H,49,58)/t27-,34?,37-,39?,41?/m0/s1. The third-order valence-electron chi connectivity index (χ3n) is 12.6. The minimum atomic E-state index is -1.06. The maximum absolute atomic E-state index is 14.3. The predicted molar refractivity (Wildman–Crippen MR) is 234 cm³/mol. The van der Waals surface area contributed by atoms with E-state index in [1.807, 2.05) is 19.2 Å². The monoisotopic (exact) mass is 835 g/mol. The molecule has 8 rings (SSSR count). The first-order valence-corrected chi connectivity index (χ1v) is 21.6. The Morgan fingerprint density at radius 3 is 2.54 bits per heavy atom. The normalized spacial score (nSPS) is 23.6. The number of hydrogen-bond donors (Lipinski definition) is 3. The molecule has 0 spiro atoms. The van der Waals surface area contributed by atoms with E-state index in [0.29, 0.717) is 24.9 Å². The van der Waals surface area contributed by atoms with Crippen molar-refractivity contribution >= 4 is 34.6 Å². The van der Waals surface area contributed by atoms with Gasteiger partial charge in [-0.05, 0) is 107 Å². The van der Waals surface area contributed by atoms with Crippen LogP contribution >= 0.6 is 0 Å². The summed E-state index contributed by atoms with van der Waals surface area (Å²) in [6, 6.07) is 12.0. The molecule has 2 aromatic heterocycles. The van der Waals surface area contributed by atoms with Gasteiger partial charge in [-0.15, -0.1) is 0 Å². The van der Waals surface area contributed by atoms with Crippen LogP contribution in [0.4, 0.5) is 10.5 Å². The number of carbonyl (C=O) groups excluding carboxylic acids is 3. The van der Waals surface area contributed by atoms with E-state index in [-0.39, 0.29) is 36.8 Å². The van der Waals surface area contributed by atoms with Crippen LogP contribution in [0, 0.1) is 11.3 Å². The zero-order valence-electron chi connectivity index (χ0n) is 37.0. The summed E-state index contributed by atoms with van der Waals surface area (Å²) in [4.78, 5) is 51.3. The van der Waals surface area contributed by atoms with Gasteiger partial charge in [0.25, 0.3) is 5.91 Å². The number of hydrazine groups is 1. The molecule has 5 atom stereocenters. The van der Waals surface area contributed by atoms with Gasteiger partial charge >= 0.3 is 12.1 Å². The van der Waals surface area contributed by atoms with Crippen molar-refractivity contribution in [2.45, 2.75) is 104 Å². The van der Waals surface area contributed by atoms with Crippen molar-refractivity contribution in [1.82, 2.24) is 30.2 Å². The molecule has 1 aliphatic carbocycles. The number of aryl methyl sites for hydroxylation is 1. The summed E-state index contributed by atoms with van der Waals surface area (Å²) in [6.45, 7) is 18.2. The Labute approximate surface area is 358 Å². The fourth-order valence-corrected chi connectivity index (χ4v) is 9.30. The SMILES string of the molecule is CCn1c(-c2cc(N3CCN(C)CC3)cnc2[C@H](C)OC)c2c3cc(ccc31)-c1cc(O)cc(c1)C[C@H](NC(=O)OC(C)(C)C)C(=O)N1NC(C(=O)OCC(C)(C)C2)C2CC21. The van der Waals surface area contributed by atoms with Gasteiger partial charge in [-0.1, -0.05) is 26.0 Å². The van der Waals surface area contributed by atoms with E-state index in [4.69, 9.17) is 19.2 Å². The average Bonchev–Trinajstić information content (AvgIpc) is 3.81. The van der Waals surface area contributed by atoms with Crippen molar-refractivity contribution in [1.29, 1.82) is 0 Å². The summed E-state index contributed by atoms with van der Waals surface area (Å²) < 4.78 is 20.1. The number of fused-ring (bicyclic) bond motifs is 9. The molecule has 4 aromatic rings. The van der Waals surface area contributed by atoms with Crippen molar-refractivity contribution < 1.29 is 33.7 Å². The molecule has 61 heavy (non-hydrogen) atoms. The zero-order valence-corrected chi connectivity index (χ0v) is 37.0. The van der Waals surface area contributed by atoms with E-state index in [2.05, 4.69) is 77.2 Å². The topological polar surface area (TPSA) is 151 Å². The van der Waals surface area contributed by atoms with Gasteiger partial charge in [0.15, 0.2) is 0 Å². The summed E-state index contributed by atoms with van der Waals surface area (Å²) in [6.07, 6.45) is 2.23. The molecule has 5 heterocycles. The lowest BCUT2D eigenvalue weighted by Gasteiger charge is -2.34. The first-order valence-electron chi connectivity index (χ1n) is 21.6. The molecule has 3 unspecified atom stereocenters. The zero-order chi connectivity index (χ0) is 43.5. The number of anilines is 1. The highest BCUT2D eigenvalue weighted by atomic mass is 16.6. The van der Waals surface area contributed by atoms with Crippen molar-refractivity contribution in [2.24, 2.45) is 11.3 Å². The van der Waals surface area contributed by atoms with Crippen molar-refractivity contribution in [3.8, 4) is 28.1 Å². The first kappa shape index (κ1) is 42.5. The summed E-state index contributed by atoms with van der Waals surface area (Å²) in [7, 11) is 3.86. The fraction of sp³-hybridized carbons (Fsp3) is 0.532. The Hall–Kier alpha value is -5.18. The number of aromatic hydroxyl groups is 1. The number of benzene rings is 2. The second-order valence-corrected chi connectivity index (χ2v) is 19.1.